The minimum Gasteiger partial charge on any atom is -0.507 e. The molecule has 2 heterocycles. The first-order chi connectivity index (χ1) is 17.5. The van der Waals surface area contributed by atoms with Crippen LogP contribution in [0, 0.1) is 0 Å². The highest BCUT2D eigenvalue weighted by Gasteiger charge is 2.47. The van der Waals surface area contributed by atoms with Crippen LogP contribution in [0.15, 0.2) is 70.9 Å². The standard InChI is InChI=1S/C28H29NO7/c1-4-34-20-12-13-21(23(17-20)35-5-2)26(30)24-25(22-7-6-16-36-22)29(28(32)27(24)31)15-14-18-8-10-19(33-3)11-9-18/h6-13,16-17,25,30H,4-5,14-15H2,1-3H3/b26-24-. The molecule has 0 aliphatic carbocycles. The van der Waals surface area contributed by atoms with Gasteiger partial charge in [-0.25, -0.2) is 0 Å². The van der Waals surface area contributed by atoms with Crippen LogP contribution in [0.3, 0.4) is 0 Å². The molecule has 1 atom stereocenters. The van der Waals surface area contributed by atoms with Gasteiger partial charge in [-0.05, 0) is 62.2 Å². The van der Waals surface area contributed by atoms with Crippen LogP contribution >= 0.6 is 0 Å². The van der Waals surface area contributed by atoms with Crippen LogP contribution < -0.4 is 14.2 Å². The van der Waals surface area contributed by atoms with Gasteiger partial charge in [-0.1, -0.05) is 12.1 Å². The molecule has 1 unspecified atom stereocenters. The van der Waals surface area contributed by atoms with Crippen LogP contribution in [0.1, 0.15) is 36.8 Å². The summed E-state index contributed by atoms with van der Waals surface area (Å²) < 4.78 is 22.1. The summed E-state index contributed by atoms with van der Waals surface area (Å²) in [7, 11) is 1.60. The number of aliphatic hydroxyl groups is 1. The van der Waals surface area contributed by atoms with E-state index < -0.39 is 17.7 Å². The molecule has 1 amide bonds. The first-order valence-corrected chi connectivity index (χ1v) is 11.8. The van der Waals surface area contributed by atoms with Crippen molar-refractivity contribution in [1.29, 1.82) is 0 Å². The second-order valence-corrected chi connectivity index (χ2v) is 8.13. The molecule has 4 rings (SSSR count). The topological polar surface area (TPSA) is 98.4 Å². The molecule has 1 aliphatic rings. The molecule has 0 bridgehead atoms. The summed E-state index contributed by atoms with van der Waals surface area (Å²) in [5, 5.41) is 11.4. The number of benzene rings is 2. The molecule has 8 heteroatoms. The predicted octanol–water partition coefficient (Wildman–Crippen LogP) is 4.75. The Hall–Kier alpha value is -4.20. The molecule has 0 spiro atoms. The van der Waals surface area contributed by atoms with E-state index in [1.165, 1.54) is 11.2 Å². The van der Waals surface area contributed by atoms with Crippen molar-refractivity contribution in [3.63, 3.8) is 0 Å². The molecule has 1 N–H and O–H groups in total. The maximum absolute atomic E-state index is 13.2. The number of ketones is 1. The van der Waals surface area contributed by atoms with E-state index in [0.29, 0.717) is 42.5 Å². The van der Waals surface area contributed by atoms with E-state index in [1.807, 2.05) is 38.1 Å². The lowest BCUT2D eigenvalue weighted by molar-refractivity contribution is -0.140. The lowest BCUT2D eigenvalue weighted by Gasteiger charge is -2.23. The number of hydrogen-bond donors (Lipinski definition) is 1. The summed E-state index contributed by atoms with van der Waals surface area (Å²) >= 11 is 0. The van der Waals surface area contributed by atoms with Gasteiger partial charge in [-0.15, -0.1) is 0 Å². The van der Waals surface area contributed by atoms with E-state index in [9.17, 15) is 14.7 Å². The number of likely N-dealkylation sites (tertiary alicyclic amines) is 1. The lowest BCUT2D eigenvalue weighted by atomic mass is 9.98. The second kappa shape index (κ2) is 11.0. The zero-order valence-corrected chi connectivity index (χ0v) is 20.5. The first kappa shape index (κ1) is 24.9. The Kier molecular flexibility index (Phi) is 7.63. The predicted molar refractivity (Wildman–Crippen MR) is 133 cm³/mol. The molecule has 1 saturated heterocycles. The number of amides is 1. The van der Waals surface area contributed by atoms with Crippen molar-refractivity contribution >= 4 is 17.4 Å². The van der Waals surface area contributed by atoms with Crippen molar-refractivity contribution in [2.24, 2.45) is 0 Å². The van der Waals surface area contributed by atoms with Gasteiger partial charge in [0.05, 0.1) is 37.7 Å². The zero-order chi connectivity index (χ0) is 25.7. The van der Waals surface area contributed by atoms with E-state index in [2.05, 4.69) is 0 Å². The van der Waals surface area contributed by atoms with Crippen LogP contribution in [0.4, 0.5) is 0 Å². The maximum Gasteiger partial charge on any atom is 0.295 e. The summed E-state index contributed by atoms with van der Waals surface area (Å²) in [5.41, 5.74) is 1.22. The van der Waals surface area contributed by atoms with Gasteiger partial charge in [0.25, 0.3) is 11.7 Å². The monoisotopic (exact) mass is 491 g/mol. The summed E-state index contributed by atoms with van der Waals surface area (Å²) in [6.45, 7) is 4.74. The van der Waals surface area contributed by atoms with Crippen LogP contribution in [-0.4, -0.2) is 48.6 Å². The Bertz CT molecular complexity index is 1250. The summed E-state index contributed by atoms with van der Waals surface area (Å²) in [5.74, 6) is 0.233. The van der Waals surface area contributed by atoms with Gasteiger partial charge >= 0.3 is 0 Å². The Labute approximate surface area is 209 Å². The molecule has 1 aromatic heterocycles. The van der Waals surface area contributed by atoms with Gasteiger partial charge in [0.2, 0.25) is 0 Å². The third-order valence-corrected chi connectivity index (χ3v) is 5.97. The summed E-state index contributed by atoms with van der Waals surface area (Å²) in [6.07, 6.45) is 1.98. The number of rotatable bonds is 10. The van der Waals surface area contributed by atoms with Gasteiger partial charge in [0.1, 0.15) is 34.8 Å². The number of nitrogens with zero attached hydrogens (tertiary/aromatic N) is 1. The van der Waals surface area contributed by atoms with Crippen molar-refractivity contribution in [3.05, 3.63) is 83.3 Å². The fraction of sp³-hybridized carbons (Fsp3) is 0.286. The SMILES string of the molecule is CCOc1ccc(/C(O)=C2/C(=O)C(=O)N(CCc3ccc(OC)cc3)C2c2ccco2)c(OCC)c1. The Balaban J connectivity index is 1.73. The van der Waals surface area contributed by atoms with Gasteiger partial charge in [0, 0.05) is 12.6 Å². The van der Waals surface area contributed by atoms with Gasteiger partial charge in [0.15, 0.2) is 0 Å². The zero-order valence-electron chi connectivity index (χ0n) is 20.5. The average Bonchev–Trinajstić information content (AvgIpc) is 3.50. The van der Waals surface area contributed by atoms with E-state index in [1.54, 1.807) is 37.4 Å². The number of ether oxygens (including phenoxy) is 3. The Morgan fingerprint density at radius 1 is 1.00 bits per heavy atom. The third-order valence-electron chi connectivity index (χ3n) is 5.97. The lowest BCUT2D eigenvalue weighted by Crippen LogP contribution is -2.31. The molecule has 36 heavy (non-hydrogen) atoms. The van der Waals surface area contributed by atoms with Gasteiger partial charge in [-0.3, -0.25) is 9.59 Å². The number of Topliss-reactive ketones (excluding diaryl/α,β-unsaturated/α-hetero) is 1. The quantitative estimate of drug-likeness (QED) is 0.248. The summed E-state index contributed by atoms with van der Waals surface area (Å²) in [4.78, 5) is 27.8. The minimum absolute atomic E-state index is 0.0465. The number of furan rings is 1. The second-order valence-electron chi connectivity index (χ2n) is 8.13. The van der Waals surface area contributed by atoms with E-state index in [0.717, 1.165) is 11.3 Å². The molecular weight excluding hydrogens is 462 g/mol. The molecule has 1 fully saturated rings. The van der Waals surface area contributed by atoms with Crippen LogP contribution in [0.5, 0.6) is 17.2 Å². The smallest absolute Gasteiger partial charge is 0.295 e. The highest BCUT2D eigenvalue weighted by atomic mass is 16.5. The molecule has 3 aromatic rings. The van der Waals surface area contributed by atoms with Crippen LogP contribution in [-0.2, 0) is 16.0 Å². The molecule has 0 saturated carbocycles. The number of carbonyl (C=O) groups is 2. The Morgan fingerprint density at radius 2 is 1.72 bits per heavy atom. The van der Waals surface area contributed by atoms with Crippen molar-refractivity contribution in [1.82, 2.24) is 4.90 Å². The molecule has 1 aliphatic heterocycles. The van der Waals surface area contributed by atoms with Crippen LogP contribution in [0.25, 0.3) is 5.76 Å². The molecule has 0 radical (unpaired) electrons. The minimum atomic E-state index is -0.876. The largest absolute Gasteiger partial charge is 0.507 e. The molecule has 2 aromatic carbocycles. The van der Waals surface area contributed by atoms with Crippen molar-refractivity contribution < 1.29 is 33.3 Å². The van der Waals surface area contributed by atoms with Crippen molar-refractivity contribution in [2.75, 3.05) is 26.9 Å². The highest BCUT2D eigenvalue weighted by molar-refractivity contribution is 6.46. The highest BCUT2D eigenvalue weighted by Crippen LogP contribution is 2.41. The third kappa shape index (κ3) is 4.93. The van der Waals surface area contributed by atoms with Crippen molar-refractivity contribution in [3.8, 4) is 17.2 Å². The van der Waals surface area contributed by atoms with E-state index >= 15 is 0 Å². The van der Waals surface area contributed by atoms with Gasteiger partial charge in [-0.2, -0.15) is 0 Å². The normalized spacial score (nSPS) is 16.9. The number of carbonyl (C=O) groups excluding carboxylic acids is 2. The molecular formula is C28H29NO7. The van der Waals surface area contributed by atoms with Gasteiger partial charge < -0.3 is 28.6 Å². The summed E-state index contributed by atoms with van der Waals surface area (Å²) in [6, 6.07) is 15.0. The fourth-order valence-electron chi connectivity index (χ4n) is 4.27. The first-order valence-electron chi connectivity index (χ1n) is 11.8. The molecule has 188 valence electrons. The van der Waals surface area contributed by atoms with Crippen molar-refractivity contribution in [2.45, 2.75) is 26.3 Å². The maximum atomic E-state index is 13.2. The van der Waals surface area contributed by atoms with E-state index in [4.69, 9.17) is 18.6 Å². The Morgan fingerprint density at radius 3 is 2.36 bits per heavy atom. The number of methoxy groups -OCH3 is 1. The van der Waals surface area contributed by atoms with E-state index in [-0.39, 0.29) is 17.9 Å². The fourth-order valence-corrected chi connectivity index (χ4v) is 4.27. The van der Waals surface area contributed by atoms with Crippen LogP contribution in [0.2, 0.25) is 0 Å². The molecule has 8 nitrogen and oxygen atoms in total. The average molecular weight is 492 g/mol. The number of hydrogen-bond acceptors (Lipinski definition) is 7. The number of aliphatic hydroxyl groups excluding tert-OH is 1.